The summed E-state index contributed by atoms with van der Waals surface area (Å²) in [6.07, 6.45) is 1.99. The fourth-order valence-corrected chi connectivity index (χ4v) is 2.37. The van der Waals surface area contributed by atoms with E-state index >= 15 is 0 Å². The van der Waals surface area contributed by atoms with Crippen molar-refractivity contribution in [1.82, 2.24) is 4.90 Å². The fourth-order valence-electron chi connectivity index (χ4n) is 2.37. The summed E-state index contributed by atoms with van der Waals surface area (Å²) in [7, 11) is 0. The van der Waals surface area contributed by atoms with Crippen molar-refractivity contribution in [1.29, 1.82) is 0 Å². The third-order valence-corrected chi connectivity index (χ3v) is 3.22. The van der Waals surface area contributed by atoms with Crippen LogP contribution in [0, 0.1) is 5.92 Å². The quantitative estimate of drug-likeness (QED) is 0.674. The van der Waals surface area contributed by atoms with E-state index in [0.717, 1.165) is 18.4 Å². The van der Waals surface area contributed by atoms with Crippen molar-refractivity contribution >= 4 is 18.0 Å². The van der Waals surface area contributed by atoms with E-state index in [1.807, 2.05) is 25.1 Å². The number of rotatable bonds is 8. The summed E-state index contributed by atoms with van der Waals surface area (Å²) in [6.45, 7) is 8.94. The Kier molecular flexibility index (Phi) is 11.6. The molecule has 1 aromatic carbocycles. The molecule has 0 N–H and O–H groups in total. The monoisotopic (exact) mass is 349 g/mol. The largest absolute Gasteiger partial charge is 0.465 e. The molecule has 1 amide bonds. The molecule has 6 heteroatoms. The van der Waals surface area contributed by atoms with Crippen LogP contribution < -0.4 is 0 Å². The first-order valence-electron chi connectivity index (χ1n) is 8.42. The molecule has 0 aromatic heterocycles. The van der Waals surface area contributed by atoms with Crippen molar-refractivity contribution in [3.63, 3.8) is 0 Å². The lowest BCUT2D eigenvalue weighted by molar-refractivity contribution is -0.191. The Morgan fingerprint density at radius 2 is 1.84 bits per heavy atom. The minimum Gasteiger partial charge on any atom is -0.465 e. The van der Waals surface area contributed by atoms with Crippen molar-refractivity contribution in [2.24, 2.45) is 5.92 Å². The van der Waals surface area contributed by atoms with Gasteiger partial charge in [0.2, 0.25) is 0 Å². The fraction of sp³-hybridized carbons (Fsp3) is 0.526. The number of hydrogen-bond donors (Lipinski definition) is 0. The zero-order chi connectivity index (χ0) is 19.2. The summed E-state index contributed by atoms with van der Waals surface area (Å²) >= 11 is 0. The minimum atomic E-state index is -0.359. The first kappa shape index (κ1) is 22.5. The SMILES string of the molecule is CCCN(CC(=O)OCC)C(=O)c1cccc(CC(C)C)c1.O=C=O. The highest BCUT2D eigenvalue weighted by molar-refractivity contribution is 5.96. The zero-order valence-electron chi connectivity index (χ0n) is 15.4. The van der Waals surface area contributed by atoms with Gasteiger partial charge in [-0.05, 0) is 43.4 Å². The molecule has 0 atom stereocenters. The number of nitrogens with zero attached hydrogens (tertiary/aromatic N) is 1. The van der Waals surface area contributed by atoms with E-state index in [2.05, 4.69) is 13.8 Å². The van der Waals surface area contributed by atoms with Crippen LogP contribution >= 0.6 is 0 Å². The lowest BCUT2D eigenvalue weighted by Crippen LogP contribution is -2.37. The molecule has 0 aliphatic carbocycles. The van der Waals surface area contributed by atoms with Crippen LogP contribution in [0.15, 0.2) is 24.3 Å². The number of esters is 1. The lowest BCUT2D eigenvalue weighted by atomic mass is 10.0. The zero-order valence-corrected chi connectivity index (χ0v) is 15.4. The molecule has 0 radical (unpaired) electrons. The topological polar surface area (TPSA) is 80.8 Å². The lowest BCUT2D eigenvalue weighted by Gasteiger charge is -2.21. The molecule has 0 saturated heterocycles. The van der Waals surface area contributed by atoms with Crippen LogP contribution in [0.4, 0.5) is 0 Å². The van der Waals surface area contributed by atoms with Gasteiger partial charge in [-0.25, -0.2) is 0 Å². The van der Waals surface area contributed by atoms with Gasteiger partial charge in [0.05, 0.1) is 6.61 Å². The molecule has 0 spiro atoms. The predicted octanol–water partition coefficient (Wildman–Crippen LogP) is 2.72. The van der Waals surface area contributed by atoms with Gasteiger partial charge in [0.25, 0.3) is 5.91 Å². The van der Waals surface area contributed by atoms with E-state index in [-0.39, 0.29) is 24.6 Å². The molecular formula is C19H27NO5. The van der Waals surface area contributed by atoms with Crippen molar-refractivity contribution in [3.8, 4) is 0 Å². The second kappa shape index (κ2) is 12.9. The number of hydrogen-bond acceptors (Lipinski definition) is 5. The van der Waals surface area contributed by atoms with Crippen molar-refractivity contribution in [3.05, 3.63) is 35.4 Å². The summed E-state index contributed by atoms with van der Waals surface area (Å²) in [5.74, 6) is 0.0692. The number of amides is 1. The maximum Gasteiger partial charge on any atom is 0.373 e. The first-order chi connectivity index (χ1) is 11.9. The van der Waals surface area contributed by atoms with Gasteiger partial charge in [-0.15, -0.1) is 0 Å². The Bertz CT molecular complexity index is 577. The molecule has 6 nitrogen and oxygen atoms in total. The molecule has 0 aliphatic heterocycles. The molecule has 1 aromatic rings. The number of benzene rings is 1. The third-order valence-electron chi connectivity index (χ3n) is 3.22. The summed E-state index contributed by atoms with van der Waals surface area (Å²) < 4.78 is 4.95. The molecule has 0 fully saturated rings. The Hall–Kier alpha value is -2.46. The van der Waals surface area contributed by atoms with Crippen molar-refractivity contribution in [2.45, 2.75) is 40.5 Å². The van der Waals surface area contributed by atoms with Gasteiger partial charge in [-0.2, -0.15) is 9.59 Å². The van der Waals surface area contributed by atoms with Gasteiger partial charge < -0.3 is 9.64 Å². The second-order valence-electron chi connectivity index (χ2n) is 5.91. The Balaban J connectivity index is 0.00000178. The van der Waals surface area contributed by atoms with E-state index in [1.165, 1.54) is 0 Å². The van der Waals surface area contributed by atoms with Crippen LogP contribution in [0.5, 0.6) is 0 Å². The predicted molar refractivity (Wildman–Crippen MR) is 92.8 cm³/mol. The highest BCUT2D eigenvalue weighted by Crippen LogP contribution is 2.13. The van der Waals surface area contributed by atoms with Gasteiger partial charge in [0.15, 0.2) is 0 Å². The molecule has 0 aliphatic rings. The van der Waals surface area contributed by atoms with Gasteiger partial charge in [0.1, 0.15) is 6.54 Å². The average molecular weight is 349 g/mol. The number of carbonyl (C=O) groups is 2. The third kappa shape index (κ3) is 9.42. The van der Waals surface area contributed by atoms with Gasteiger partial charge >= 0.3 is 12.1 Å². The maximum atomic E-state index is 12.6. The van der Waals surface area contributed by atoms with Crippen molar-refractivity contribution < 1.29 is 23.9 Å². The van der Waals surface area contributed by atoms with E-state index < -0.39 is 0 Å². The minimum absolute atomic E-state index is 0.00885. The Morgan fingerprint density at radius 1 is 1.20 bits per heavy atom. The molecular weight excluding hydrogens is 322 g/mol. The molecule has 138 valence electrons. The van der Waals surface area contributed by atoms with Crippen LogP contribution in [0.25, 0.3) is 0 Å². The first-order valence-corrected chi connectivity index (χ1v) is 8.42. The van der Waals surface area contributed by atoms with E-state index in [9.17, 15) is 9.59 Å². The maximum absolute atomic E-state index is 12.6. The standard InChI is InChI=1S/C18H27NO3.CO2/c1-5-10-19(13-17(20)22-6-2)18(21)16-9-7-8-15(12-16)11-14(3)4;2-1-3/h7-9,12,14H,5-6,10-11,13H2,1-4H3;. The van der Waals surface area contributed by atoms with Crippen LogP contribution in [0.3, 0.4) is 0 Å². The normalized spacial score (nSPS) is 9.64. The molecule has 0 saturated carbocycles. The van der Waals surface area contributed by atoms with Crippen molar-refractivity contribution in [2.75, 3.05) is 19.7 Å². The molecule has 1 rings (SSSR count). The number of ether oxygens (including phenoxy) is 1. The second-order valence-corrected chi connectivity index (χ2v) is 5.91. The Morgan fingerprint density at radius 3 is 2.36 bits per heavy atom. The average Bonchev–Trinajstić information content (AvgIpc) is 2.54. The van der Waals surface area contributed by atoms with Gasteiger partial charge in [0, 0.05) is 12.1 Å². The highest BCUT2D eigenvalue weighted by atomic mass is 16.5. The molecule has 0 unspecified atom stereocenters. The van der Waals surface area contributed by atoms with E-state index in [4.69, 9.17) is 14.3 Å². The Labute approximate surface area is 149 Å². The summed E-state index contributed by atoms with van der Waals surface area (Å²) in [5.41, 5.74) is 1.78. The summed E-state index contributed by atoms with van der Waals surface area (Å²) in [5, 5.41) is 0. The van der Waals surface area contributed by atoms with E-state index in [1.54, 1.807) is 17.9 Å². The summed E-state index contributed by atoms with van der Waals surface area (Å²) in [6, 6.07) is 7.67. The molecule has 0 bridgehead atoms. The smallest absolute Gasteiger partial charge is 0.373 e. The van der Waals surface area contributed by atoms with Crippen LogP contribution in [0.2, 0.25) is 0 Å². The molecule has 0 heterocycles. The van der Waals surface area contributed by atoms with E-state index in [0.29, 0.717) is 24.6 Å². The van der Waals surface area contributed by atoms with Gasteiger partial charge in [-0.1, -0.05) is 32.9 Å². The molecule has 25 heavy (non-hydrogen) atoms. The van der Waals surface area contributed by atoms with Gasteiger partial charge in [-0.3, -0.25) is 9.59 Å². The van der Waals surface area contributed by atoms with Crippen LogP contribution in [0.1, 0.15) is 50.0 Å². The number of carbonyl (C=O) groups excluding carboxylic acids is 4. The highest BCUT2D eigenvalue weighted by Gasteiger charge is 2.19. The van der Waals surface area contributed by atoms with Crippen LogP contribution in [-0.2, 0) is 25.5 Å². The summed E-state index contributed by atoms with van der Waals surface area (Å²) in [4.78, 5) is 42.1. The van der Waals surface area contributed by atoms with Crippen LogP contribution in [-0.4, -0.2) is 42.6 Å².